The average Bonchev–Trinajstić information content (AvgIpc) is 3.13. The first-order chi connectivity index (χ1) is 8.31. The zero-order chi connectivity index (χ0) is 11.7. The SMILES string of the molecule is S=c1cc(-c2cccc(OC3CC3)c2)[nH]cn1. The molecule has 0 radical (unpaired) electrons. The third kappa shape index (κ3) is 2.53. The van der Waals surface area contributed by atoms with E-state index >= 15 is 0 Å². The zero-order valence-electron chi connectivity index (χ0n) is 9.22. The highest BCUT2D eigenvalue weighted by molar-refractivity contribution is 7.71. The van der Waals surface area contributed by atoms with Crippen LogP contribution in [0, 0.1) is 4.64 Å². The highest BCUT2D eigenvalue weighted by atomic mass is 32.1. The number of benzene rings is 1. The maximum Gasteiger partial charge on any atom is 0.130 e. The second-order valence-corrected chi connectivity index (χ2v) is 4.56. The van der Waals surface area contributed by atoms with E-state index < -0.39 is 0 Å². The molecule has 1 N–H and O–H groups in total. The van der Waals surface area contributed by atoms with Gasteiger partial charge < -0.3 is 9.72 Å². The number of ether oxygens (including phenoxy) is 1. The fourth-order valence-corrected chi connectivity index (χ4v) is 1.82. The fourth-order valence-electron chi connectivity index (χ4n) is 1.65. The van der Waals surface area contributed by atoms with Gasteiger partial charge >= 0.3 is 0 Å². The van der Waals surface area contributed by atoms with Crippen LogP contribution in [0.3, 0.4) is 0 Å². The molecule has 0 amide bonds. The molecule has 1 aromatic heterocycles. The molecule has 4 heteroatoms. The van der Waals surface area contributed by atoms with Crippen molar-refractivity contribution in [2.24, 2.45) is 0 Å². The average molecular weight is 244 g/mol. The summed E-state index contributed by atoms with van der Waals surface area (Å²) in [5, 5.41) is 0. The summed E-state index contributed by atoms with van der Waals surface area (Å²) in [5.74, 6) is 0.918. The topological polar surface area (TPSA) is 37.9 Å². The third-order valence-corrected chi connectivity index (χ3v) is 2.88. The predicted molar refractivity (Wildman–Crippen MR) is 68.5 cm³/mol. The lowest BCUT2D eigenvalue weighted by molar-refractivity contribution is 0.303. The van der Waals surface area contributed by atoms with Gasteiger partial charge in [-0.1, -0.05) is 24.4 Å². The summed E-state index contributed by atoms with van der Waals surface area (Å²) in [6, 6.07) is 9.88. The Morgan fingerprint density at radius 2 is 2.18 bits per heavy atom. The molecule has 1 aliphatic carbocycles. The minimum Gasteiger partial charge on any atom is -0.490 e. The van der Waals surface area contributed by atoms with Crippen molar-refractivity contribution in [2.45, 2.75) is 18.9 Å². The molecule has 3 nitrogen and oxygen atoms in total. The molecular formula is C13H12N2OS. The van der Waals surface area contributed by atoms with Gasteiger partial charge in [-0.25, -0.2) is 4.98 Å². The molecule has 86 valence electrons. The maximum atomic E-state index is 5.76. The van der Waals surface area contributed by atoms with Crippen LogP contribution in [0.25, 0.3) is 11.3 Å². The minimum absolute atomic E-state index is 0.418. The molecule has 2 aromatic rings. The van der Waals surface area contributed by atoms with E-state index in [0.717, 1.165) is 17.0 Å². The molecular weight excluding hydrogens is 232 g/mol. The third-order valence-electron chi connectivity index (χ3n) is 2.65. The number of rotatable bonds is 3. The van der Waals surface area contributed by atoms with Gasteiger partial charge in [0, 0.05) is 11.3 Å². The van der Waals surface area contributed by atoms with E-state index in [-0.39, 0.29) is 0 Å². The first-order valence-electron chi connectivity index (χ1n) is 5.63. The molecule has 0 saturated heterocycles. The Hall–Kier alpha value is -1.68. The van der Waals surface area contributed by atoms with Crippen molar-refractivity contribution in [3.8, 4) is 17.0 Å². The van der Waals surface area contributed by atoms with Crippen molar-refractivity contribution in [2.75, 3.05) is 0 Å². The fraction of sp³-hybridized carbons (Fsp3) is 0.231. The Morgan fingerprint density at radius 3 is 2.94 bits per heavy atom. The van der Waals surface area contributed by atoms with Crippen molar-refractivity contribution in [3.63, 3.8) is 0 Å². The van der Waals surface area contributed by atoms with Gasteiger partial charge in [0.15, 0.2) is 0 Å². The van der Waals surface area contributed by atoms with Gasteiger partial charge in [0.2, 0.25) is 0 Å². The van der Waals surface area contributed by atoms with Crippen LogP contribution in [0.2, 0.25) is 0 Å². The van der Waals surface area contributed by atoms with Crippen LogP contribution in [0.15, 0.2) is 36.7 Å². The number of hydrogen-bond acceptors (Lipinski definition) is 3. The molecule has 1 fully saturated rings. The number of H-pyrrole nitrogens is 1. The summed E-state index contributed by atoms with van der Waals surface area (Å²) in [6.07, 6.45) is 4.37. The van der Waals surface area contributed by atoms with E-state index in [1.165, 1.54) is 12.8 Å². The molecule has 1 saturated carbocycles. The van der Waals surface area contributed by atoms with Gasteiger partial charge in [0.25, 0.3) is 0 Å². The summed E-state index contributed by atoms with van der Waals surface area (Å²) in [5.41, 5.74) is 2.03. The standard InChI is InChI=1S/C13H12N2OS/c17-13-7-12(14-8-15-13)9-2-1-3-11(6-9)16-10-4-5-10/h1-3,6-8,10H,4-5H2,(H,14,15,17). The molecule has 0 aliphatic heterocycles. The lowest BCUT2D eigenvalue weighted by Crippen LogP contribution is -1.95. The largest absolute Gasteiger partial charge is 0.490 e. The number of nitrogens with zero attached hydrogens (tertiary/aromatic N) is 1. The van der Waals surface area contributed by atoms with Crippen LogP contribution < -0.4 is 4.74 Å². The lowest BCUT2D eigenvalue weighted by Gasteiger charge is -2.06. The van der Waals surface area contributed by atoms with Gasteiger partial charge in [0.05, 0.1) is 12.4 Å². The minimum atomic E-state index is 0.418. The normalized spacial score (nSPS) is 14.6. The first-order valence-corrected chi connectivity index (χ1v) is 6.04. The highest BCUT2D eigenvalue weighted by Gasteiger charge is 2.23. The zero-order valence-corrected chi connectivity index (χ0v) is 10.0. The van der Waals surface area contributed by atoms with Crippen molar-refractivity contribution in [3.05, 3.63) is 41.3 Å². The Labute approximate surface area is 104 Å². The van der Waals surface area contributed by atoms with Crippen molar-refractivity contribution in [1.82, 2.24) is 9.97 Å². The molecule has 0 bridgehead atoms. The number of hydrogen-bond donors (Lipinski definition) is 1. The maximum absolute atomic E-state index is 5.76. The van der Waals surface area contributed by atoms with Gasteiger partial charge in [-0.2, -0.15) is 0 Å². The van der Waals surface area contributed by atoms with Gasteiger partial charge in [0.1, 0.15) is 10.4 Å². The Bertz CT molecular complexity index is 590. The predicted octanol–water partition coefficient (Wildman–Crippen LogP) is 3.35. The Balaban J connectivity index is 1.93. The van der Waals surface area contributed by atoms with E-state index in [0.29, 0.717) is 10.7 Å². The summed E-state index contributed by atoms with van der Waals surface area (Å²) >= 11 is 5.05. The smallest absolute Gasteiger partial charge is 0.130 e. The van der Waals surface area contributed by atoms with E-state index in [1.54, 1.807) is 6.33 Å². The van der Waals surface area contributed by atoms with Crippen LogP contribution in [0.1, 0.15) is 12.8 Å². The molecule has 3 rings (SSSR count). The molecule has 1 aromatic carbocycles. The monoisotopic (exact) mass is 244 g/mol. The molecule has 17 heavy (non-hydrogen) atoms. The summed E-state index contributed by atoms with van der Waals surface area (Å²) < 4.78 is 6.35. The molecule has 0 atom stereocenters. The first kappa shape index (κ1) is 10.5. The highest BCUT2D eigenvalue weighted by Crippen LogP contribution is 2.29. The number of aromatic amines is 1. The molecule has 0 spiro atoms. The van der Waals surface area contributed by atoms with E-state index in [2.05, 4.69) is 9.97 Å². The number of nitrogens with one attached hydrogen (secondary N) is 1. The Morgan fingerprint density at radius 1 is 1.29 bits per heavy atom. The van der Waals surface area contributed by atoms with E-state index in [1.807, 2.05) is 30.3 Å². The summed E-state index contributed by atoms with van der Waals surface area (Å²) in [7, 11) is 0. The van der Waals surface area contributed by atoms with E-state index in [4.69, 9.17) is 17.0 Å². The second kappa shape index (κ2) is 4.30. The van der Waals surface area contributed by atoms with Crippen molar-refractivity contribution >= 4 is 12.2 Å². The molecule has 0 unspecified atom stereocenters. The molecule has 1 aliphatic rings. The molecule has 1 heterocycles. The van der Waals surface area contributed by atoms with Crippen LogP contribution in [0.5, 0.6) is 5.75 Å². The van der Waals surface area contributed by atoms with Crippen LogP contribution >= 0.6 is 12.2 Å². The van der Waals surface area contributed by atoms with E-state index in [9.17, 15) is 0 Å². The van der Waals surface area contributed by atoms with Crippen molar-refractivity contribution < 1.29 is 4.74 Å². The van der Waals surface area contributed by atoms with Crippen LogP contribution in [-0.2, 0) is 0 Å². The van der Waals surface area contributed by atoms with Crippen LogP contribution in [-0.4, -0.2) is 16.1 Å². The summed E-state index contributed by atoms with van der Waals surface area (Å²) in [4.78, 5) is 7.06. The van der Waals surface area contributed by atoms with Gasteiger partial charge in [-0.15, -0.1) is 0 Å². The van der Waals surface area contributed by atoms with Crippen LogP contribution in [0.4, 0.5) is 0 Å². The summed E-state index contributed by atoms with van der Waals surface area (Å²) in [6.45, 7) is 0. The Kier molecular flexibility index (Phi) is 2.65. The van der Waals surface area contributed by atoms with Gasteiger partial charge in [-0.05, 0) is 31.0 Å². The number of aromatic nitrogens is 2. The lowest BCUT2D eigenvalue weighted by atomic mass is 10.1. The van der Waals surface area contributed by atoms with Crippen molar-refractivity contribution in [1.29, 1.82) is 0 Å². The second-order valence-electron chi connectivity index (χ2n) is 4.14. The van der Waals surface area contributed by atoms with Gasteiger partial charge in [-0.3, -0.25) is 0 Å². The quantitative estimate of drug-likeness (QED) is 0.841.